The normalized spacial score (nSPS) is 17.5. The van der Waals surface area contributed by atoms with E-state index in [0.717, 1.165) is 16.8 Å². The van der Waals surface area contributed by atoms with Gasteiger partial charge in [-0.2, -0.15) is 0 Å². The topological polar surface area (TPSA) is 41.1 Å². The van der Waals surface area contributed by atoms with Gasteiger partial charge < -0.3 is 10.6 Å². The van der Waals surface area contributed by atoms with E-state index in [1.165, 1.54) is 0 Å². The number of carbonyl (C=O) groups excluding carboxylic acids is 1. The lowest BCUT2D eigenvalue weighted by Gasteiger charge is -2.29. The summed E-state index contributed by atoms with van der Waals surface area (Å²) in [5, 5.41) is 6.79. The summed E-state index contributed by atoms with van der Waals surface area (Å²) in [4.78, 5) is 12.8. The van der Waals surface area contributed by atoms with Gasteiger partial charge in [0.2, 0.25) is 0 Å². The third-order valence-corrected chi connectivity index (χ3v) is 4.11. The van der Waals surface area contributed by atoms with Crippen LogP contribution >= 0.6 is 12.2 Å². The molecule has 2 N–H and O–H groups in total. The minimum atomic E-state index is -0.243. The number of ketones is 1. The van der Waals surface area contributed by atoms with Gasteiger partial charge in [0.15, 0.2) is 10.9 Å². The summed E-state index contributed by atoms with van der Waals surface area (Å²) in [5.74, 6) is -0.0345. The minimum absolute atomic E-state index is 0.0345. The van der Waals surface area contributed by atoms with Crippen LogP contribution in [0, 0.1) is 0 Å². The van der Waals surface area contributed by atoms with Gasteiger partial charge >= 0.3 is 0 Å². The molecule has 1 unspecified atom stereocenters. The Balaban J connectivity index is 1.93. The molecule has 2 aromatic carbocycles. The minimum Gasteiger partial charge on any atom is -0.351 e. The quantitative estimate of drug-likeness (QED) is 0.660. The van der Waals surface area contributed by atoms with Gasteiger partial charge in [0.1, 0.15) is 0 Å². The number of nitrogens with one attached hydrogen (secondary N) is 2. The van der Waals surface area contributed by atoms with E-state index in [2.05, 4.69) is 10.6 Å². The van der Waals surface area contributed by atoms with E-state index >= 15 is 0 Å². The van der Waals surface area contributed by atoms with Crippen molar-refractivity contribution in [2.24, 2.45) is 0 Å². The summed E-state index contributed by atoms with van der Waals surface area (Å²) in [6.07, 6.45) is 3.44. The van der Waals surface area contributed by atoms with Gasteiger partial charge in [-0.05, 0) is 36.3 Å². The van der Waals surface area contributed by atoms with E-state index in [-0.39, 0.29) is 11.8 Å². The van der Waals surface area contributed by atoms with Crippen molar-refractivity contribution >= 4 is 29.2 Å². The molecule has 0 saturated carbocycles. The van der Waals surface area contributed by atoms with Gasteiger partial charge in [-0.1, -0.05) is 66.7 Å². The lowest BCUT2D eigenvalue weighted by Crippen LogP contribution is -2.44. The van der Waals surface area contributed by atoms with Gasteiger partial charge in [-0.15, -0.1) is 0 Å². The molecule has 0 saturated heterocycles. The van der Waals surface area contributed by atoms with E-state index in [9.17, 15) is 4.79 Å². The van der Waals surface area contributed by atoms with Crippen molar-refractivity contribution in [2.75, 3.05) is 0 Å². The fraction of sp³-hybridized carbons (Fsp3) is 0.100. The van der Waals surface area contributed by atoms with Crippen LogP contribution in [0.25, 0.3) is 6.08 Å². The van der Waals surface area contributed by atoms with Crippen molar-refractivity contribution in [2.45, 2.75) is 13.0 Å². The number of allylic oxidation sites excluding steroid dienone is 2. The van der Waals surface area contributed by atoms with E-state index < -0.39 is 0 Å². The molecule has 0 fully saturated rings. The van der Waals surface area contributed by atoms with E-state index in [1.807, 2.05) is 73.7 Å². The van der Waals surface area contributed by atoms with Crippen molar-refractivity contribution in [1.82, 2.24) is 10.6 Å². The molecule has 0 spiro atoms. The van der Waals surface area contributed by atoms with Crippen molar-refractivity contribution < 1.29 is 4.79 Å². The van der Waals surface area contributed by atoms with Crippen LogP contribution in [0.3, 0.4) is 0 Å². The first-order valence-electron chi connectivity index (χ1n) is 7.76. The second kappa shape index (κ2) is 7.23. The Morgan fingerprint density at radius 1 is 1.04 bits per heavy atom. The van der Waals surface area contributed by atoms with Crippen LogP contribution in [-0.2, 0) is 4.79 Å². The van der Waals surface area contributed by atoms with Crippen LogP contribution in [0.2, 0.25) is 0 Å². The molecule has 0 radical (unpaired) electrons. The van der Waals surface area contributed by atoms with Crippen LogP contribution in [0.15, 0.2) is 78.0 Å². The van der Waals surface area contributed by atoms with Crippen molar-refractivity contribution in [3.05, 3.63) is 89.1 Å². The van der Waals surface area contributed by atoms with Crippen LogP contribution in [0.4, 0.5) is 0 Å². The smallest absolute Gasteiger partial charge is 0.186 e. The molecule has 0 amide bonds. The standard InChI is InChI=1S/C20H18N2OS/c1-14-18(17(23)13-12-15-8-4-2-5-9-15)19(22-20(24)21-14)16-10-6-3-7-11-16/h2-13,19H,1H3,(H2,21,22,24)/b13-12+. The molecule has 0 bridgehead atoms. The summed E-state index contributed by atoms with van der Waals surface area (Å²) in [5.41, 5.74) is 3.47. The van der Waals surface area contributed by atoms with Gasteiger partial charge in [0, 0.05) is 11.3 Å². The first-order chi connectivity index (χ1) is 11.6. The number of carbonyl (C=O) groups is 1. The summed E-state index contributed by atoms with van der Waals surface area (Å²) < 4.78 is 0. The Morgan fingerprint density at radius 2 is 1.67 bits per heavy atom. The second-order valence-electron chi connectivity index (χ2n) is 5.59. The average molecular weight is 334 g/mol. The highest BCUT2D eigenvalue weighted by Gasteiger charge is 2.28. The molecule has 120 valence electrons. The predicted molar refractivity (Wildman–Crippen MR) is 101 cm³/mol. The molecular weight excluding hydrogens is 316 g/mol. The molecule has 1 atom stereocenters. The Labute approximate surface area is 147 Å². The molecule has 4 heteroatoms. The van der Waals surface area contributed by atoms with Crippen LogP contribution in [-0.4, -0.2) is 10.9 Å². The van der Waals surface area contributed by atoms with Crippen molar-refractivity contribution in [1.29, 1.82) is 0 Å². The van der Waals surface area contributed by atoms with Gasteiger partial charge in [0.25, 0.3) is 0 Å². The lowest BCUT2D eigenvalue weighted by atomic mass is 9.92. The van der Waals surface area contributed by atoms with Crippen LogP contribution in [0.5, 0.6) is 0 Å². The number of hydrogen-bond donors (Lipinski definition) is 2. The molecule has 1 aliphatic rings. The average Bonchev–Trinajstić information content (AvgIpc) is 2.60. The van der Waals surface area contributed by atoms with Gasteiger partial charge in [0.05, 0.1) is 6.04 Å². The zero-order valence-corrected chi connectivity index (χ0v) is 14.1. The lowest BCUT2D eigenvalue weighted by molar-refractivity contribution is -0.111. The van der Waals surface area contributed by atoms with E-state index in [4.69, 9.17) is 12.2 Å². The molecule has 2 aromatic rings. The Kier molecular flexibility index (Phi) is 4.87. The number of rotatable bonds is 4. The molecular formula is C20H18N2OS. The Hall–Kier alpha value is -2.72. The molecule has 1 heterocycles. The maximum Gasteiger partial charge on any atom is 0.186 e. The van der Waals surface area contributed by atoms with E-state index in [0.29, 0.717) is 10.7 Å². The summed E-state index contributed by atoms with van der Waals surface area (Å²) in [7, 11) is 0. The van der Waals surface area contributed by atoms with Gasteiger partial charge in [-0.3, -0.25) is 4.79 Å². The molecule has 1 aliphatic heterocycles. The predicted octanol–water partition coefficient (Wildman–Crippen LogP) is 3.76. The molecule has 24 heavy (non-hydrogen) atoms. The molecule has 3 nitrogen and oxygen atoms in total. The highest BCUT2D eigenvalue weighted by Crippen LogP contribution is 2.27. The monoisotopic (exact) mass is 334 g/mol. The van der Waals surface area contributed by atoms with E-state index in [1.54, 1.807) is 6.08 Å². The fourth-order valence-corrected chi connectivity index (χ4v) is 3.01. The summed E-state index contributed by atoms with van der Waals surface area (Å²) >= 11 is 5.25. The second-order valence-corrected chi connectivity index (χ2v) is 6.00. The third kappa shape index (κ3) is 3.60. The third-order valence-electron chi connectivity index (χ3n) is 3.89. The fourth-order valence-electron chi connectivity index (χ4n) is 2.74. The summed E-state index contributed by atoms with van der Waals surface area (Å²) in [6, 6.07) is 19.4. The molecule has 0 aromatic heterocycles. The van der Waals surface area contributed by atoms with Crippen LogP contribution in [0.1, 0.15) is 24.1 Å². The molecule has 3 rings (SSSR count). The SMILES string of the molecule is CC1=C(C(=O)/C=C/c2ccccc2)C(c2ccccc2)NC(=S)N1. The zero-order valence-electron chi connectivity index (χ0n) is 13.3. The zero-order chi connectivity index (χ0) is 16.9. The maximum atomic E-state index is 12.8. The summed E-state index contributed by atoms with van der Waals surface area (Å²) in [6.45, 7) is 1.88. The first kappa shape index (κ1) is 16.1. The highest BCUT2D eigenvalue weighted by molar-refractivity contribution is 7.80. The van der Waals surface area contributed by atoms with Crippen molar-refractivity contribution in [3.63, 3.8) is 0 Å². The molecule has 0 aliphatic carbocycles. The van der Waals surface area contributed by atoms with Crippen molar-refractivity contribution in [3.8, 4) is 0 Å². The van der Waals surface area contributed by atoms with Gasteiger partial charge in [-0.25, -0.2) is 0 Å². The Bertz CT molecular complexity index is 810. The largest absolute Gasteiger partial charge is 0.351 e. The number of hydrogen-bond acceptors (Lipinski definition) is 2. The first-order valence-corrected chi connectivity index (χ1v) is 8.16. The van der Waals surface area contributed by atoms with Crippen LogP contribution < -0.4 is 10.6 Å². The number of thiocarbonyl (C=S) groups is 1. The Morgan fingerprint density at radius 3 is 2.33 bits per heavy atom. The number of benzene rings is 2. The maximum absolute atomic E-state index is 12.8. The highest BCUT2D eigenvalue weighted by atomic mass is 32.1.